The van der Waals surface area contributed by atoms with Crippen molar-refractivity contribution in [3.05, 3.63) is 28.3 Å². The lowest BCUT2D eigenvalue weighted by atomic mass is 9.74. The van der Waals surface area contributed by atoms with Crippen molar-refractivity contribution in [1.29, 1.82) is 0 Å². The molecule has 0 unspecified atom stereocenters. The Balaban J connectivity index is 3.14. The monoisotopic (exact) mass is 298 g/mol. The van der Waals surface area contributed by atoms with Crippen molar-refractivity contribution in [3.8, 4) is 0 Å². The highest BCUT2D eigenvalue weighted by Gasteiger charge is 2.40. The summed E-state index contributed by atoms with van der Waals surface area (Å²) in [4.78, 5) is 11.2. The molecule has 0 spiro atoms. The Labute approximate surface area is 124 Å². The average Bonchev–Trinajstić information content (AvgIpc) is 2.30. The molecular weight excluding hydrogens is 278 g/mol. The molecule has 0 fully saturated rings. The van der Waals surface area contributed by atoms with E-state index in [0.717, 1.165) is 5.56 Å². The SMILES string of the molecule is Cc1ccc(B(O)OC(C)(C)C(C)(C)O)c(C=O)c1Cl. The van der Waals surface area contributed by atoms with Crippen LogP contribution >= 0.6 is 11.6 Å². The molecule has 2 N–H and O–H groups in total. The third-order valence-electron chi connectivity index (χ3n) is 3.67. The summed E-state index contributed by atoms with van der Waals surface area (Å²) in [6, 6.07) is 3.30. The van der Waals surface area contributed by atoms with Crippen LogP contribution in [-0.4, -0.2) is 34.7 Å². The first-order chi connectivity index (χ1) is 9.01. The molecule has 1 aromatic carbocycles. The van der Waals surface area contributed by atoms with Gasteiger partial charge in [0.05, 0.1) is 16.2 Å². The van der Waals surface area contributed by atoms with Crippen molar-refractivity contribution in [2.45, 2.75) is 45.8 Å². The van der Waals surface area contributed by atoms with Crippen LogP contribution < -0.4 is 5.46 Å². The maximum atomic E-state index is 11.2. The van der Waals surface area contributed by atoms with Gasteiger partial charge in [0.1, 0.15) is 0 Å². The molecule has 0 aliphatic carbocycles. The van der Waals surface area contributed by atoms with Crippen molar-refractivity contribution in [2.24, 2.45) is 0 Å². The standard InChI is InChI=1S/C14H20BClO4/c1-9-6-7-11(10(8-17)12(9)16)15(19)20-14(4,5)13(2,3)18/h6-8,18-19H,1-5H3. The molecule has 1 aromatic rings. The van der Waals surface area contributed by atoms with E-state index in [0.29, 0.717) is 11.3 Å². The summed E-state index contributed by atoms with van der Waals surface area (Å²) in [5.41, 5.74) is -0.946. The van der Waals surface area contributed by atoms with Crippen molar-refractivity contribution in [3.63, 3.8) is 0 Å². The normalized spacial score (nSPS) is 12.4. The molecule has 6 heteroatoms. The van der Waals surface area contributed by atoms with Gasteiger partial charge in [0.2, 0.25) is 0 Å². The van der Waals surface area contributed by atoms with Gasteiger partial charge in [-0.1, -0.05) is 23.7 Å². The second kappa shape index (κ2) is 5.86. The van der Waals surface area contributed by atoms with Gasteiger partial charge in [-0.05, 0) is 45.6 Å². The second-order valence-corrected chi connectivity index (χ2v) is 6.23. The Morgan fingerprint density at radius 3 is 2.30 bits per heavy atom. The van der Waals surface area contributed by atoms with Crippen molar-refractivity contribution in [1.82, 2.24) is 0 Å². The molecule has 110 valence electrons. The molecule has 0 amide bonds. The van der Waals surface area contributed by atoms with Gasteiger partial charge in [0.15, 0.2) is 6.29 Å². The summed E-state index contributed by atoms with van der Waals surface area (Å²) in [6.45, 7) is 8.26. The van der Waals surface area contributed by atoms with E-state index in [1.165, 1.54) is 0 Å². The quantitative estimate of drug-likeness (QED) is 0.641. The first kappa shape index (κ1) is 17.2. The molecule has 4 nitrogen and oxygen atoms in total. The van der Waals surface area contributed by atoms with Crippen LogP contribution in [0, 0.1) is 6.92 Å². The minimum atomic E-state index is -1.35. The lowest BCUT2D eigenvalue weighted by Gasteiger charge is -2.38. The van der Waals surface area contributed by atoms with E-state index >= 15 is 0 Å². The van der Waals surface area contributed by atoms with E-state index in [1.54, 1.807) is 46.8 Å². The average molecular weight is 299 g/mol. The number of carbonyl (C=O) groups is 1. The smallest absolute Gasteiger partial charge is 0.423 e. The second-order valence-electron chi connectivity index (χ2n) is 5.86. The number of hydrogen-bond donors (Lipinski definition) is 2. The molecule has 1 rings (SSSR count). The predicted molar refractivity (Wildman–Crippen MR) is 80.6 cm³/mol. The van der Waals surface area contributed by atoms with Gasteiger partial charge in [0, 0.05) is 5.56 Å². The van der Waals surface area contributed by atoms with Crippen LogP contribution in [0.5, 0.6) is 0 Å². The zero-order valence-electron chi connectivity index (χ0n) is 12.4. The number of halogens is 1. The van der Waals surface area contributed by atoms with Crippen LogP contribution in [0.15, 0.2) is 12.1 Å². The molecule has 0 saturated carbocycles. The summed E-state index contributed by atoms with van der Waals surface area (Å²) in [7, 11) is -1.35. The van der Waals surface area contributed by atoms with Crippen LogP contribution in [0.4, 0.5) is 0 Å². The van der Waals surface area contributed by atoms with Gasteiger partial charge < -0.3 is 14.8 Å². The molecule has 0 aromatic heterocycles. The van der Waals surface area contributed by atoms with E-state index in [2.05, 4.69) is 0 Å². The fourth-order valence-electron chi connectivity index (χ4n) is 1.54. The first-order valence-corrected chi connectivity index (χ1v) is 6.71. The van der Waals surface area contributed by atoms with E-state index in [1.807, 2.05) is 0 Å². The zero-order chi connectivity index (χ0) is 15.7. The summed E-state index contributed by atoms with van der Waals surface area (Å²) >= 11 is 6.06. The molecule has 0 bridgehead atoms. The Kier molecular flexibility index (Phi) is 5.03. The van der Waals surface area contributed by atoms with E-state index in [-0.39, 0.29) is 11.0 Å². The predicted octanol–water partition coefficient (Wildman–Crippen LogP) is 1.71. The Hall–Kier alpha value is -0.875. The van der Waals surface area contributed by atoms with Gasteiger partial charge in [-0.15, -0.1) is 0 Å². The van der Waals surface area contributed by atoms with Crippen molar-refractivity contribution < 1.29 is 19.6 Å². The lowest BCUT2D eigenvalue weighted by molar-refractivity contribution is -0.0982. The zero-order valence-corrected chi connectivity index (χ0v) is 13.2. The lowest BCUT2D eigenvalue weighted by Crippen LogP contribution is -2.53. The van der Waals surface area contributed by atoms with Crippen molar-refractivity contribution in [2.75, 3.05) is 0 Å². The largest absolute Gasteiger partial charge is 0.492 e. The van der Waals surface area contributed by atoms with Crippen LogP contribution in [0.1, 0.15) is 43.6 Å². The van der Waals surface area contributed by atoms with Gasteiger partial charge in [-0.2, -0.15) is 0 Å². The number of aryl methyl sites for hydroxylation is 1. The highest BCUT2D eigenvalue weighted by atomic mass is 35.5. The van der Waals surface area contributed by atoms with E-state index in [9.17, 15) is 14.9 Å². The molecule has 0 aliphatic rings. The number of aliphatic hydroxyl groups is 1. The minimum Gasteiger partial charge on any atom is -0.423 e. The maximum absolute atomic E-state index is 11.2. The molecule has 0 aliphatic heterocycles. The number of benzene rings is 1. The highest BCUT2D eigenvalue weighted by Crippen LogP contribution is 2.26. The summed E-state index contributed by atoms with van der Waals surface area (Å²) in [5, 5.41) is 20.5. The van der Waals surface area contributed by atoms with Crippen LogP contribution in [-0.2, 0) is 4.65 Å². The molecular formula is C14H20BClO4. The van der Waals surface area contributed by atoms with Gasteiger partial charge in [0.25, 0.3) is 0 Å². The number of hydrogen-bond acceptors (Lipinski definition) is 4. The molecule has 0 saturated heterocycles. The Morgan fingerprint density at radius 1 is 1.30 bits per heavy atom. The third kappa shape index (κ3) is 3.41. The first-order valence-electron chi connectivity index (χ1n) is 6.33. The van der Waals surface area contributed by atoms with Crippen LogP contribution in [0.3, 0.4) is 0 Å². The van der Waals surface area contributed by atoms with Gasteiger partial charge >= 0.3 is 7.12 Å². The van der Waals surface area contributed by atoms with Crippen LogP contribution in [0.2, 0.25) is 5.02 Å². The summed E-state index contributed by atoms with van der Waals surface area (Å²) in [5.74, 6) is 0. The number of rotatable bonds is 5. The van der Waals surface area contributed by atoms with E-state index < -0.39 is 18.3 Å². The van der Waals surface area contributed by atoms with Gasteiger partial charge in [-0.3, -0.25) is 4.79 Å². The third-order valence-corrected chi connectivity index (χ3v) is 4.17. The number of carbonyl (C=O) groups excluding carboxylic acids is 1. The van der Waals surface area contributed by atoms with Gasteiger partial charge in [-0.25, -0.2) is 0 Å². The molecule has 0 atom stereocenters. The minimum absolute atomic E-state index is 0.200. The topological polar surface area (TPSA) is 66.8 Å². The Morgan fingerprint density at radius 2 is 1.85 bits per heavy atom. The fraction of sp³-hybridized carbons (Fsp3) is 0.500. The molecule has 0 heterocycles. The van der Waals surface area contributed by atoms with E-state index in [4.69, 9.17) is 16.3 Å². The maximum Gasteiger partial charge on any atom is 0.492 e. The molecule has 20 heavy (non-hydrogen) atoms. The van der Waals surface area contributed by atoms with Crippen molar-refractivity contribution >= 4 is 30.5 Å². The Bertz CT molecular complexity index is 509. The highest BCUT2D eigenvalue weighted by molar-refractivity contribution is 6.62. The fourth-order valence-corrected chi connectivity index (χ4v) is 1.76. The number of aldehydes is 1. The summed E-state index contributed by atoms with van der Waals surface area (Å²) in [6.07, 6.45) is 0.592. The van der Waals surface area contributed by atoms with Crippen LogP contribution in [0.25, 0.3) is 0 Å². The molecule has 0 radical (unpaired) electrons. The summed E-state index contributed by atoms with van der Waals surface area (Å²) < 4.78 is 5.51.